The zero-order chi connectivity index (χ0) is 35.4. The summed E-state index contributed by atoms with van der Waals surface area (Å²) in [6.07, 6.45) is 12.0. The van der Waals surface area contributed by atoms with Gasteiger partial charge in [0, 0.05) is 37.9 Å². The molecular weight excluding hydrogens is 829 g/mol. The molecule has 267 valence electrons. The zero-order valence-electron chi connectivity index (χ0n) is 31.0. The fourth-order valence-corrected chi connectivity index (χ4v) is 8.23. The van der Waals surface area contributed by atoms with Gasteiger partial charge < -0.3 is 14.4 Å². The van der Waals surface area contributed by atoms with E-state index >= 15 is 0 Å². The third-order valence-corrected chi connectivity index (χ3v) is 12.3. The largest absolute Gasteiger partial charge is 0.501 e. The Morgan fingerprint density at radius 2 is 1.54 bits per heavy atom. The van der Waals surface area contributed by atoms with Crippen LogP contribution < -0.4 is 5.19 Å². The maximum Gasteiger partial charge on any atom is 0.121 e. The Hall–Kier alpha value is -4.15. The van der Waals surface area contributed by atoms with Gasteiger partial charge in [-0.05, 0) is 58.1 Å². The van der Waals surface area contributed by atoms with Crippen LogP contribution >= 0.6 is 0 Å². The van der Waals surface area contributed by atoms with Crippen LogP contribution in [0.1, 0.15) is 63.0 Å². The number of hydrogen-bond donors (Lipinski definition) is 0. The number of aromatic nitrogens is 2. The van der Waals surface area contributed by atoms with Crippen LogP contribution in [0.25, 0.3) is 55.6 Å². The van der Waals surface area contributed by atoms with Crippen molar-refractivity contribution in [3.8, 4) is 33.6 Å². The average molecular weight is 877 g/mol. The molecule has 0 amide bonds. The number of rotatable bonds is 7. The first-order valence-corrected chi connectivity index (χ1v) is 22.1. The van der Waals surface area contributed by atoms with E-state index in [1.807, 2.05) is 30.6 Å². The molecule has 3 aromatic heterocycles. The zero-order valence-corrected chi connectivity index (χ0v) is 34.4. The van der Waals surface area contributed by atoms with Crippen molar-refractivity contribution >= 4 is 35.2 Å². The van der Waals surface area contributed by atoms with Gasteiger partial charge in [0.05, 0.1) is 13.7 Å². The summed E-state index contributed by atoms with van der Waals surface area (Å²) in [4.78, 5) is 9.32. The fraction of sp³-hybridized carbons (Fsp3) is 0.277. The van der Waals surface area contributed by atoms with Crippen LogP contribution in [0.4, 0.5) is 0 Å². The number of nitrogens with zero attached hydrogens (tertiary/aromatic N) is 2. The third-order valence-electron chi connectivity index (χ3n) is 10.3. The number of pyridine rings is 2. The molecule has 0 unspecified atom stereocenters. The summed E-state index contributed by atoms with van der Waals surface area (Å²) in [7, 11) is -1.26. The van der Waals surface area contributed by atoms with E-state index in [1.165, 1.54) is 54.0 Å². The van der Waals surface area contributed by atoms with E-state index < -0.39 is 8.07 Å². The second-order valence-electron chi connectivity index (χ2n) is 15.4. The van der Waals surface area contributed by atoms with Crippen molar-refractivity contribution in [2.45, 2.75) is 77.9 Å². The van der Waals surface area contributed by atoms with Gasteiger partial charge in [0.15, 0.2) is 0 Å². The molecule has 0 saturated heterocycles. The normalized spacial score (nSPS) is 13.5. The Morgan fingerprint density at radius 3 is 2.27 bits per heavy atom. The second kappa shape index (κ2) is 16.7. The molecule has 0 aliphatic heterocycles. The average Bonchev–Trinajstić information content (AvgIpc) is 3.54. The summed E-state index contributed by atoms with van der Waals surface area (Å²) in [6.45, 7) is 11.4. The molecule has 1 radical (unpaired) electrons. The smallest absolute Gasteiger partial charge is 0.121 e. The van der Waals surface area contributed by atoms with Crippen molar-refractivity contribution in [2.75, 3.05) is 0 Å². The van der Waals surface area contributed by atoms with Gasteiger partial charge in [-0.2, -0.15) is 0 Å². The summed E-state index contributed by atoms with van der Waals surface area (Å²) < 4.78 is 6.42. The second-order valence-corrected chi connectivity index (χ2v) is 20.5. The maximum atomic E-state index is 6.42. The molecule has 1 saturated carbocycles. The predicted octanol–water partition coefficient (Wildman–Crippen LogP) is 12.5. The van der Waals surface area contributed by atoms with Gasteiger partial charge in [0.2, 0.25) is 0 Å². The van der Waals surface area contributed by atoms with Gasteiger partial charge in [-0.3, -0.25) is 0 Å². The van der Waals surface area contributed by atoms with Crippen LogP contribution in [0.2, 0.25) is 19.6 Å². The van der Waals surface area contributed by atoms with Gasteiger partial charge in [-0.15, -0.1) is 53.6 Å². The van der Waals surface area contributed by atoms with Crippen LogP contribution in [0.5, 0.6) is 0 Å². The summed E-state index contributed by atoms with van der Waals surface area (Å²) >= 11 is 0. The molecular formula is C47H48IrN2OSi-2. The topological polar surface area (TPSA) is 38.9 Å². The quantitative estimate of drug-likeness (QED) is 0.118. The number of hydrogen-bond acceptors (Lipinski definition) is 3. The first-order valence-electron chi connectivity index (χ1n) is 18.6. The minimum absolute atomic E-state index is 0. The Balaban J connectivity index is 0.000000200. The van der Waals surface area contributed by atoms with Crippen LogP contribution in [-0.2, 0) is 26.5 Å². The molecule has 0 atom stereocenters. The van der Waals surface area contributed by atoms with Crippen molar-refractivity contribution in [2.24, 2.45) is 5.92 Å². The van der Waals surface area contributed by atoms with E-state index in [-0.39, 0.29) is 20.1 Å². The molecule has 1 aliphatic rings. The molecule has 0 bridgehead atoms. The molecule has 5 heteroatoms. The van der Waals surface area contributed by atoms with E-state index in [4.69, 9.17) is 9.40 Å². The van der Waals surface area contributed by atoms with Crippen molar-refractivity contribution in [3.05, 3.63) is 139 Å². The first kappa shape index (κ1) is 37.6. The SMILES string of the molecule is CC(C)c1cc[c-]c(-c2ccc([Si](C)(C)C)cn2)c1.[Ir].[c-]1ccc2c(oc3cc(-c4ccccc4)ccc32)c1-c1cc(CC2CCCCC2)ccn1. The molecule has 1 fully saturated rings. The molecule has 8 rings (SSSR count). The molecule has 7 aromatic rings. The summed E-state index contributed by atoms with van der Waals surface area (Å²) in [5.41, 5.74) is 10.8. The third kappa shape index (κ3) is 8.72. The minimum atomic E-state index is -1.26. The van der Waals surface area contributed by atoms with E-state index in [2.05, 4.69) is 136 Å². The first-order chi connectivity index (χ1) is 24.7. The van der Waals surface area contributed by atoms with Crippen LogP contribution in [0, 0.1) is 18.1 Å². The van der Waals surface area contributed by atoms with Gasteiger partial charge in [-0.1, -0.05) is 143 Å². The number of fused-ring (bicyclic) bond motifs is 3. The molecule has 3 nitrogen and oxygen atoms in total. The Morgan fingerprint density at radius 1 is 0.750 bits per heavy atom. The summed E-state index contributed by atoms with van der Waals surface area (Å²) in [5, 5.41) is 3.65. The van der Waals surface area contributed by atoms with Crippen LogP contribution in [-0.4, -0.2) is 18.0 Å². The monoisotopic (exact) mass is 877 g/mol. The Kier molecular flexibility index (Phi) is 12.1. The molecule has 3 heterocycles. The molecule has 52 heavy (non-hydrogen) atoms. The van der Waals surface area contributed by atoms with E-state index in [0.29, 0.717) is 5.92 Å². The van der Waals surface area contributed by atoms with Gasteiger partial charge in [0.1, 0.15) is 5.58 Å². The van der Waals surface area contributed by atoms with E-state index in [9.17, 15) is 0 Å². The van der Waals surface area contributed by atoms with E-state index in [0.717, 1.165) is 62.4 Å². The van der Waals surface area contributed by atoms with Crippen molar-refractivity contribution in [1.29, 1.82) is 0 Å². The number of furan rings is 1. The number of benzene rings is 4. The van der Waals surface area contributed by atoms with Gasteiger partial charge in [0.25, 0.3) is 0 Å². The van der Waals surface area contributed by atoms with Crippen molar-refractivity contribution < 1.29 is 24.5 Å². The van der Waals surface area contributed by atoms with Crippen molar-refractivity contribution in [3.63, 3.8) is 0 Å². The van der Waals surface area contributed by atoms with Crippen molar-refractivity contribution in [1.82, 2.24) is 9.97 Å². The maximum absolute atomic E-state index is 6.42. The van der Waals surface area contributed by atoms with Gasteiger partial charge in [-0.25, -0.2) is 0 Å². The fourth-order valence-electron chi connectivity index (χ4n) is 7.19. The molecule has 0 spiro atoms. The van der Waals surface area contributed by atoms with Crippen LogP contribution in [0.3, 0.4) is 0 Å². The predicted molar refractivity (Wildman–Crippen MR) is 217 cm³/mol. The molecule has 4 aromatic carbocycles. The molecule has 1 aliphatic carbocycles. The summed E-state index contributed by atoms with van der Waals surface area (Å²) in [6, 6.07) is 42.8. The van der Waals surface area contributed by atoms with E-state index in [1.54, 1.807) is 0 Å². The van der Waals surface area contributed by atoms with Gasteiger partial charge >= 0.3 is 0 Å². The molecule has 0 N–H and O–H groups in total. The van der Waals surface area contributed by atoms with Crippen LogP contribution in [0.15, 0.2) is 120 Å². The Labute approximate surface area is 324 Å². The summed E-state index contributed by atoms with van der Waals surface area (Å²) in [5.74, 6) is 1.34. The minimum Gasteiger partial charge on any atom is -0.501 e. The standard InChI is InChI=1S/C30H26NO.C17H22NSi.Ir/c1-3-8-21(9-4-1)18-22-16-17-31-28(19-22)27-13-7-12-26-25-15-14-24(20-29(25)32-30(26)27)23-10-5-2-6-11-23;1-13(2)14-7-6-8-15(11-14)17-10-9-16(12-18-17)19(3,4)5;/h2,5-7,10-12,14-17,19-21H,1,3-4,8-9,18H2;6-7,9-13H,1-5H3;/q2*-1;. The Bertz CT molecular complexity index is 2230.